The van der Waals surface area contributed by atoms with Gasteiger partial charge in [-0.15, -0.1) is 0 Å². The van der Waals surface area contributed by atoms with Gasteiger partial charge in [0.1, 0.15) is 5.54 Å². The number of nitrogens with one attached hydrogen (secondary N) is 3. The Morgan fingerprint density at radius 3 is 2.76 bits per heavy atom. The molecule has 0 bridgehead atoms. The van der Waals surface area contributed by atoms with Gasteiger partial charge in [0.25, 0.3) is 11.1 Å². The number of fused-ring (bicyclic) bond motifs is 1. The van der Waals surface area contributed by atoms with Crippen LogP contribution in [0.2, 0.25) is 0 Å². The molecule has 1 fully saturated rings. The molecule has 1 aliphatic rings. The van der Waals surface area contributed by atoms with Crippen molar-refractivity contribution in [2.75, 3.05) is 18.5 Å². The second-order valence-corrected chi connectivity index (χ2v) is 5.05. The summed E-state index contributed by atoms with van der Waals surface area (Å²) in [6.45, 7) is 0.542. The van der Waals surface area contributed by atoms with E-state index in [-0.39, 0.29) is 23.1 Å². The molecular formula is C13H14N4O4. The SMILES string of the molecule is NC1(C(=O)Nc2cccc3c(=O)[nH][nH]c(=O)c23)CCOC1. The zero-order chi connectivity index (χ0) is 15.0. The zero-order valence-electron chi connectivity index (χ0n) is 11.1. The number of H-pyrrole nitrogens is 2. The first kappa shape index (κ1) is 13.5. The molecule has 0 spiro atoms. The summed E-state index contributed by atoms with van der Waals surface area (Å²) in [6.07, 6.45) is 0.403. The number of anilines is 1. The molecule has 8 heteroatoms. The average molecular weight is 290 g/mol. The van der Waals surface area contributed by atoms with Crippen LogP contribution in [0.1, 0.15) is 6.42 Å². The van der Waals surface area contributed by atoms with Gasteiger partial charge >= 0.3 is 0 Å². The number of nitrogens with two attached hydrogens (primary N) is 1. The van der Waals surface area contributed by atoms with E-state index in [1.165, 1.54) is 6.07 Å². The number of benzene rings is 1. The molecular weight excluding hydrogens is 276 g/mol. The maximum absolute atomic E-state index is 12.3. The Bertz CT molecular complexity index is 817. The van der Waals surface area contributed by atoms with Crippen molar-refractivity contribution < 1.29 is 9.53 Å². The number of carbonyl (C=O) groups is 1. The Morgan fingerprint density at radius 2 is 2.05 bits per heavy atom. The molecule has 1 aromatic carbocycles. The fourth-order valence-electron chi connectivity index (χ4n) is 2.34. The van der Waals surface area contributed by atoms with Crippen molar-refractivity contribution in [3.63, 3.8) is 0 Å². The summed E-state index contributed by atoms with van der Waals surface area (Å²) < 4.78 is 5.14. The Labute approximate surface area is 118 Å². The van der Waals surface area contributed by atoms with Gasteiger partial charge in [-0.1, -0.05) is 6.07 Å². The van der Waals surface area contributed by atoms with E-state index in [1.54, 1.807) is 12.1 Å². The second-order valence-electron chi connectivity index (χ2n) is 5.05. The molecule has 0 radical (unpaired) electrons. The molecule has 2 aromatic rings. The van der Waals surface area contributed by atoms with Gasteiger partial charge < -0.3 is 15.8 Å². The van der Waals surface area contributed by atoms with Gasteiger partial charge in [-0.05, 0) is 18.6 Å². The number of aromatic amines is 2. The summed E-state index contributed by atoms with van der Waals surface area (Å²) in [7, 11) is 0. The van der Waals surface area contributed by atoms with E-state index in [0.29, 0.717) is 13.0 Å². The number of carbonyl (C=O) groups excluding carboxylic acids is 1. The third kappa shape index (κ3) is 2.24. The van der Waals surface area contributed by atoms with Gasteiger partial charge in [0.05, 0.1) is 23.1 Å². The first-order valence-corrected chi connectivity index (χ1v) is 6.43. The van der Waals surface area contributed by atoms with Crippen LogP contribution in [0.25, 0.3) is 10.8 Å². The lowest BCUT2D eigenvalue weighted by atomic mass is 9.99. The van der Waals surface area contributed by atoms with Crippen molar-refractivity contribution in [2.24, 2.45) is 5.73 Å². The van der Waals surface area contributed by atoms with Crippen molar-refractivity contribution in [3.8, 4) is 0 Å². The van der Waals surface area contributed by atoms with E-state index in [2.05, 4.69) is 15.5 Å². The molecule has 1 atom stereocenters. The van der Waals surface area contributed by atoms with E-state index < -0.39 is 22.6 Å². The summed E-state index contributed by atoms with van der Waals surface area (Å²) in [4.78, 5) is 35.9. The predicted octanol–water partition coefficient (Wildman–Crippen LogP) is -0.727. The van der Waals surface area contributed by atoms with Crippen LogP contribution in [0.5, 0.6) is 0 Å². The molecule has 1 aliphatic heterocycles. The average Bonchev–Trinajstić information content (AvgIpc) is 2.91. The predicted molar refractivity (Wildman–Crippen MR) is 76.2 cm³/mol. The third-order valence-corrected chi connectivity index (χ3v) is 3.58. The highest BCUT2D eigenvalue weighted by molar-refractivity contribution is 6.05. The van der Waals surface area contributed by atoms with Gasteiger partial charge in [0, 0.05) is 6.61 Å². The van der Waals surface area contributed by atoms with E-state index in [4.69, 9.17) is 10.5 Å². The van der Waals surface area contributed by atoms with Gasteiger partial charge in [0.15, 0.2) is 0 Å². The monoisotopic (exact) mass is 290 g/mol. The van der Waals surface area contributed by atoms with Crippen LogP contribution in [0.4, 0.5) is 5.69 Å². The van der Waals surface area contributed by atoms with Crippen LogP contribution in [-0.4, -0.2) is 34.9 Å². The molecule has 110 valence electrons. The number of ether oxygens (including phenoxy) is 1. The number of hydrogen-bond acceptors (Lipinski definition) is 5. The van der Waals surface area contributed by atoms with Crippen LogP contribution in [0.3, 0.4) is 0 Å². The second kappa shape index (κ2) is 4.83. The van der Waals surface area contributed by atoms with Crippen LogP contribution in [0, 0.1) is 0 Å². The summed E-state index contributed by atoms with van der Waals surface area (Å²) >= 11 is 0. The van der Waals surface area contributed by atoms with Crippen LogP contribution >= 0.6 is 0 Å². The van der Waals surface area contributed by atoms with Crippen molar-refractivity contribution in [2.45, 2.75) is 12.0 Å². The lowest BCUT2D eigenvalue weighted by Crippen LogP contribution is -2.51. The van der Waals surface area contributed by atoms with Gasteiger partial charge in [-0.2, -0.15) is 0 Å². The summed E-state index contributed by atoms with van der Waals surface area (Å²) in [5.41, 5.74) is 4.18. The number of amides is 1. The minimum Gasteiger partial charge on any atom is -0.379 e. The standard InChI is InChI=1S/C13H14N4O4/c14-13(4-5-21-6-13)12(20)15-8-3-1-2-7-9(8)11(19)17-16-10(7)18/h1-3H,4-6,14H2,(H,15,20)(H,16,18)(H,17,19). The van der Waals surface area contributed by atoms with Gasteiger partial charge in [-0.3, -0.25) is 24.6 Å². The lowest BCUT2D eigenvalue weighted by molar-refractivity contribution is -0.121. The minimum atomic E-state index is -1.11. The smallest absolute Gasteiger partial charge is 0.272 e. The molecule has 1 aromatic heterocycles. The molecule has 0 saturated carbocycles. The number of hydrogen-bond donors (Lipinski definition) is 4. The quantitative estimate of drug-likeness (QED) is 0.579. The van der Waals surface area contributed by atoms with Crippen molar-refractivity contribution in [1.29, 1.82) is 0 Å². The zero-order valence-corrected chi connectivity index (χ0v) is 11.1. The summed E-state index contributed by atoms with van der Waals surface area (Å²) in [5.74, 6) is -0.438. The highest BCUT2D eigenvalue weighted by Crippen LogP contribution is 2.21. The summed E-state index contributed by atoms with van der Waals surface area (Å²) in [6, 6.07) is 4.64. The van der Waals surface area contributed by atoms with Crippen LogP contribution in [0.15, 0.2) is 27.8 Å². The number of rotatable bonds is 2. The van der Waals surface area contributed by atoms with E-state index in [1.807, 2.05) is 0 Å². The normalized spacial score (nSPS) is 21.6. The van der Waals surface area contributed by atoms with Crippen LogP contribution in [-0.2, 0) is 9.53 Å². The molecule has 8 nitrogen and oxygen atoms in total. The fraction of sp³-hybridized carbons (Fsp3) is 0.308. The maximum Gasteiger partial charge on any atom is 0.272 e. The molecule has 1 amide bonds. The van der Waals surface area contributed by atoms with Crippen molar-refractivity contribution >= 4 is 22.4 Å². The Morgan fingerprint density at radius 1 is 1.29 bits per heavy atom. The van der Waals surface area contributed by atoms with Gasteiger partial charge in [-0.25, -0.2) is 0 Å². The first-order valence-electron chi connectivity index (χ1n) is 6.43. The third-order valence-electron chi connectivity index (χ3n) is 3.58. The highest BCUT2D eigenvalue weighted by Gasteiger charge is 2.38. The molecule has 3 rings (SSSR count). The molecule has 1 saturated heterocycles. The largest absolute Gasteiger partial charge is 0.379 e. The van der Waals surface area contributed by atoms with E-state index in [9.17, 15) is 14.4 Å². The first-order chi connectivity index (χ1) is 10.0. The number of aromatic nitrogens is 2. The topological polar surface area (TPSA) is 130 Å². The van der Waals surface area contributed by atoms with Crippen molar-refractivity contribution in [3.05, 3.63) is 38.9 Å². The lowest BCUT2D eigenvalue weighted by Gasteiger charge is -2.20. The Hall–Kier alpha value is -2.45. The molecule has 21 heavy (non-hydrogen) atoms. The Kier molecular flexibility index (Phi) is 3.11. The van der Waals surface area contributed by atoms with Crippen molar-refractivity contribution in [1.82, 2.24) is 10.2 Å². The van der Waals surface area contributed by atoms with Crippen LogP contribution < -0.4 is 22.2 Å². The maximum atomic E-state index is 12.3. The Balaban J connectivity index is 2.06. The summed E-state index contributed by atoms with van der Waals surface area (Å²) in [5, 5.41) is 7.41. The minimum absolute atomic E-state index is 0.122. The molecule has 0 aliphatic carbocycles. The highest BCUT2D eigenvalue weighted by atomic mass is 16.5. The molecule has 2 heterocycles. The molecule has 1 unspecified atom stereocenters. The molecule has 5 N–H and O–H groups in total. The van der Waals surface area contributed by atoms with Gasteiger partial charge in [0.2, 0.25) is 5.91 Å². The van der Waals surface area contributed by atoms with E-state index in [0.717, 1.165) is 0 Å². The van der Waals surface area contributed by atoms with E-state index >= 15 is 0 Å². The fourth-order valence-corrected chi connectivity index (χ4v) is 2.34.